The highest BCUT2D eigenvalue weighted by Crippen LogP contribution is 2.43. The third-order valence-electron chi connectivity index (χ3n) is 5.00. The maximum absolute atomic E-state index is 15.1. The van der Waals surface area contributed by atoms with Gasteiger partial charge in [0.2, 0.25) is 5.95 Å². The van der Waals surface area contributed by atoms with E-state index in [2.05, 4.69) is 15.0 Å². The van der Waals surface area contributed by atoms with Crippen molar-refractivity contribution in [2.45, 2.75) is 49.9 Å². The van der Waals surface area contributed by atoms with Crippen molar-refractivity contribution < 1.29 is 19.3 Å². The highest BCUT2D eigenvalue weighted by molar-refractivity contribution is 5.85. The Labute approximate surface area is 143 Å². The second-order valence-corrected chi connectivity index (χ2v) is 6.88. The molecular weight excluding hydrogens is 331 g/mol. The smallest absolute Gasteiger partial charge is 0.224 e. The van der Waals surface area contributed by atoms with E-state index in [-0.39, 0.29) is 5.95 Å². The van der Waals surface area contributed by atoms with Crippen molar-refractivity contribution in [2.24, 2.45) is 0 Å². The minimum atomic E-state index is -2.12. The number of nitrogens with zero attached hydrogens (tertiary/aromatic N) is 5. The Morgan fingerprint density at radius 2 is 2.20 bits per heavy atom. The summed E-state index contributed by atoms with van der Waals surface area (Å²) in [5.41, 5.74) is 4.54. The van der Waals surface area contributed by atoms with Crippen LogP contribution in [0.5, 0.6) is 0 Å². The number of alkyl halides is 1. The molecule has 4 rings (SSSR count). The van der Waals surface area contributed by atoms with Crippen LogP contribution in [-0.4, -0.2) is 67.3 Å². The van der Waals surface area contributed by atoms with E-state index < -0.39 is 30.7 Å². The largest absolute Gasteiger partial charge is 0.394 e. The van der Waals surface area contributed by atoms with Crippen molar-refractivity contribution in [3.05, 3.63) is 6.33 Å². The maximum atomic E-state index is 15.1. The Bertz CT molecular complexity index is 808. The van der Waals surface area contributed by atoms with E-state index >= 15 is 4.39 Å². The van der Waals surface area contributed by atoms with Crippen LogP contribution in [0.4, 0.5) is 16.2 Å². The summed E-state index contributed by atoms with van der Waals surface area (Å²) in [6, 6.07) is 0.386. The van der Waals surface area contributed by atoms with Crippen LogP contribution in [0.25, 0.3) is 11.2 Å². The molecule has 0 amide bonds. The SMILES string of the molecule is CN(c1nc(N)nc2c1ncn2[C@@H]1O[C@H](CO)[C@@H](O)C1(C)F)C1CC1. The van der Waals surface area contributed by atoms with Gasteiger partial charge in [-0.25, -0.2) is 9.37 Å². The first kappa shape index (κ1) is 16.4. The van der Waals surface area contributed by atoms with Gasteiger partial charge in [0.1, 0.15) is 12.2 Å². The topological polar surface area (TPSA) is 123 Å². The predicted molar refractivity (Wildman–Crippen MR) is 87.7 cm³/mol. The van der Waals surface area contributed by atoms with Crippen molar-refractivity contribution in [1.82, 2.24) is 19.5 Å². The number of anilines is 2. The van der Waals surface area contributed by atoms with Crippen LogP contribution in [0.2, 0.25) is 0 Å². The maximum Gasteiger partial charge on any atom is 0.224 e. The van der Waals surface area contributed by atoms with Crippen LogP contribution in [0.15, 0.2) is 6.33 Å². The molecule has 4 N–H and O–H groups in total. The molecule has 1 unspecified atom stereocenters. The fourth-order valence-corrected chi connectivity index (χ4v) is 3.33. The molecule has 25 heavy (non-hydrogen) atoms. The number of hydrogen-bond acceptors (Lipinski definition) is 8. The molecule has 0 aromatic carbocycles. The molecule has 9 nitrogen and oxygen atoms in total. The van der Waals surface area contributed by atoms with Gasteiger partial charge in [-0.2, -0.15) is 9.97 Å². The average Bonchev–Trinajstić information content (AvgIpc) is 3.30. The zero-order valence-electron chi connectivity index (χ0n) is 14.0. The summed E-state index contributed by atoms with van der Waals surface area (Å²) in [4.78, 5) is 14.8. The summed E-state index contributed by atoms with van der Waals surface area (Å²) >= 11 is 0. The third kappa shape index (κ3) is 2.43. The molecule has 1 aliphatic heterocycles. The van der Waals surface area contributed by atoms with Gasteiger partial charge >= 0.3 is 0 Å². The van der Waals surface area contributed by atoms with Gasteiger partial charge in [-0.1, -0.05) is 0 Å². The molecule has 2 aliphatic rings. The first-order valence-corrected chi connectivity index (χ1v) is 8.20. The lowest BCUT2D eigenvalue weighted by molar-refractivity contribution is -0.0566. The molecule has 2 aromatic heterocycles. The summed E-state index contributed by atoms with van der Waals surface area (Å²) in [5, 5.41) is 19.4. The number of rotatable bonds is 4. The van der Waals surface area contributed by atoms with Gasteiger partial charge in [0.15, 0.2) is 28.9 Å². The first-order valence-electron chi connectivity index (χ1n) is 8.20. The third-order valence-corrected chi connectivity index (χ3v) is 5.00. The number of aliphatic hydroxyl groups is 2. The number of nitrogen functional groups attached to an aromatic ring is 1. The van der Waals surface area contributed by atoms with E-state index in [9.17, 15) is 10.2 Å². The number of ether oxygens (including phenoxy) is 1. The number of fused-ring (bicyclic) bond motifs is 1. The second kappa shape index (κ2) is 5.48. The Morgan fingerprint density at radius 1 is 1.48 bits per heavy atom. The normalized spacial score (nSPS) is 32.4. The molecule has 10 heteroatoms. The van der Waals surface area contributed by atoms with E-state index in [4.69, 9.17) is 10.5 Å². The summed E-state index contributed by atoms with van der Waals surface area (Å²) in [5.74, 6) is 0.635. The van der Waals surface area contributed by atoms with Gasteiger partial charge in [-0.3, -0.25) is 4.57 Å². The molecule has 2 aromatic rings. The van der Waals surface area contributed by atoms with Gasteiger partial charge in [0.05, 0.1) is 12.9 Å². The van der Waals surface area contributed by atoms with Crippen LogP contribution in [0.1, 0.15) is 26.0 Å². The zero-order chi connectivity index (χ0) is 17.9. The zero-order valence-corrected chi connectivity index (χ0v) is 14.0. The van der Waals surface area contributed by atoms with Gasteiger partial charge in [-0.15, -0.1) is 0 Å². The second-order valence-electron chi connectivity index (χ2n) is 6.88. The minimum Gasteiger partial charge on any atom is -0.394 e. The molecule has 3 heterocycles. The quantitative estimate of drug-likeness (QED) is 0.702. The summed E-state index contributed by atoms with van der Waals surface area (Å²) in [6.07, 6.45) is -0.128. The first-order chi connectivity index (χ1) is 11.8. The van der Waals surface area contributed by atoms with E-state index in [1.165, 1.54) is 17.8 Å². The molecule has 4 atom stereocenters. The Balaban J connectivity index is 1.81. The lowest BCUT2D eigenvalue weighted by Crippen LogP contribution is -2.40. The lowest BCUT2D eigenvalue weighted by Gasteiger charge is -2.25. The van der Waals surface area contributed by atoms with Crippen molar-refractivity contribution in [3.8, 4) is 0 Å². The van der Waals surface area contributed by atoms with E-state index in [0.717, 1.165) is 12.8 Å². The molecule has 0 radical (unpaired) electrons. The summed E-state index contributed by atoms with van der Waals surface area (Å²) < 4.78 is 22.0. The van der Waals surface area contributed by atoms with Crippen LogP contribution in [0, 0.1) is 0 Å². The summed E-state index contributed by atoms with van der Waals surface area (Å²) in [6.45, 7) is 0.738. The van der Waals surface area contributed by atoms with E-state index in [1.54, 1.807) is 0 Å². The van der Waals surface area contributed by atoms with Crippen LogP contribution >= 0.6 is 0 Å². The minimum absolute atomic E-state index is 0.0505. The number of aliphatic hydroxyl groups excluding tert-OH is 2. The van der Waals surface area contributed by atoms with Gasteiger partial charge in [0, 0.05) is 13.1 Å². The summed E-state index contributed by atoms with van der Waals surface area (Å²) in [7, 11) is 1.91. The van der Waals surface area contributed by atoms with Gasteiger partial charge in [0.25, 0.3) is 0 Å². The van der Waals surface area contributed by atoms with E-state index in [0.29, 0.717) is 23.0 Å². The Hall–Kier alpha value is -2.04. The van der Waals surface area contributed by atoms with Crippen molar-refractivity contribution >= 4 is 22.9 Å². The fourth-order valence-electron chi connectivity index (χ4n) is 3.33. The highest BCUT2D eigenvalue weighted by Gasteiger charge is 2.55. The average molecular weight is 352 g/mol. The molecule has 1 aliphatic carbocycles. The number of imidazole rings is 1. The van der Waals surface area contributed by atoms with E-state index in [1.807, 2.05) is 11.9 Å². The van der Waals surface area contributed by atoms with Crippen molar-refractivity contribution in [1.29, 1.82) is 0 Å². The number of halogens is 1. The van der Waals surface area contributed by atoms with Crippen LogP contribution in [0.3, 0.4) is 0 Å². The number of aromatic nitrogens is 4. The molecule has 0 bridgehead atoms. The highest BCUT2D eigenvalue weighted by atomic mass is 19.1. The monoisotopic (exact) mass is 352 g/mol. The van der Waals surface area contributed by atoms with Crippen molar-refractivity contribution in [2.75, 3.05) is 24.3 Å². The Kier molecular flexibility index (Phi) is 3.60. The standard InChI is InChI=1S/C15H21FN6O3/c1-15(16)10(24)8(5-23)25-13(15)22-6-18-9-11(21(2)7-3-4-7)19-14(17)20-12(9)22/h6-8,10,13,23-24H,3-5H2,1-2H3,(H2,17,19,20)/t8-,10-,13-,15?/m1/s1. The number of hydrogen-bond donors (Lipinski definition) is 3. The van der Waals surface area contributed by atoms with Gasteiger partial charge < -0.3 is 25.6 Å². The Morgan fingerprint density at radius 3 is 2.80 bits per heavy atom. The van der Waals surface area contributed by atoms with Gasteiger partial charge in [-0.05, 0) is 19.8 Å². The molecule has 136 valence electrons. The molecule has 1 saturated carbocycles. The van der Waals surface area contributed by atoms with Crippen LogP contribution in [-0.2, 0) is 4.74 Å². The lowest BCUT2D eigenvalue weighted by atomic mass is 9.98. The van der Waals surface area contributed by atoms with Crippen molar-refractivity contribution in [3.63, 3.8) is 0 Å². The molecule has 1 saturated heterocycles. The molecule has 0 spiro atoms. The van der Waals surface area contributed by atoms with Crippen LogP contribution < -0.4 is 10.6 Å². The predicted octanol–water partition coefficient (Wildman–Crippen LogP) is -0.0141. The molecule has 2 fully saturated rings. The molecular formula is C15H21FN6O3. The number of nitrogens with two attached hydrogens (primary N) is 1. The fraction of sp³-hybridized carbons (Fsp3) is 0.667.